The number of ether oxygens (including phenoxy) is 1. The van der Waals surface area contributed by atoms with Crippen LogP contribution >= 0.6 is 46.0 Å². The summed E-state index contributed by atoms with van der Waals surface area (Å²) in [7, 11) is 0. The molecule has 1 N–H and O–H groups in total. The van der Waals surface area contributed by atoms with E-state index >= 15 is 0 Å². The van der Waals surface area contributed by atoms with E-state index in [2.05, 4.69) is 10.2 Å². The average molecular weight is 646 g/mol. The molecule has 3 heterocycles. The lowest BCUT2D eigenvalue weighted by atomic mass is 10.00. The minimum Gasteiger partial charge on any atom is -0.507 e. The Kier molecular flexibility index (Phi) is 8.62. The molecule has 5 aromatic rings. The number of carbonyl (C=O) groups is 2. The van der Waals surface area contributed by atoms with Gasteiger partial charge in [0.15, 0.2) is 4.34 Å². The number of Topliss-reactive ketones (excluding diaryl/α,β-unsaturated/α-hetero) is 1. The van der Waals surface area contributed by atoms with Crippen molar-refractivity contribution in [3.63, 3.8) is 0 Å². The quantitative estimate of drug-likeness (QED) is 0.0570. The summed E-state index contributed by atoms with van der Waals surface area (Å²) in [5.41, 5.74) is 3.69. The van der Waals surface area contributed by atoms with Crippen LogP contribution in [0.4, 0.5) is 5.13 Å². The van der Waals surface area contributed by atoms with E-state index in [0.717, 1.165) is 21.6 Å². The average Bonchev–Trinajstić information content (AvgIpc) is 3.77. The van der Waals surface area contributed by atoms with Crippen LogP contribution in [0.2, 0.25) is 5.02 Å². The van der Waals surface area contributed by atoms with Crippen LogP contribution < -0.4 is 9.64 Å². The lowest BCUT2D eigenvalue weighted by molar-refractivity contribution is -0.132. The Morgan fingerprint density at radius 1 is 1.00 bits per heavy atom. The van der Waals surface area contributed by atoms with E-state index in [1.807, 2.05) is 73.0 Å². The first-order chi connectivity index (χ1) is 20.9. The number of aromatic nitrogens is 2. The SMILES string of the molecule is Cc1ccccc1COc1ccc(C(O)=C2C(=O)C(=O)N(c3nnc(SCc4ccc(Cl)cc4)s3)C2c2cccs2)cc1. The molecular formula is C32H24ClN3O4S3. The molecule has 1 fully saturated rings. The zero-order valence-electron chi connectivity index (χ0n) is 22.8. The fourth-order valence-corrected chi connectivity index (χ4v) is 7.40. The van der Waals surface area contributed by atoms with E-state index in [1.54, 1.807) is 24.3 Å². The number of thioether (sulfide) groups is 1. The van der Waals surface area contributed by atoms with Crippen molar-refractivity contribution in [1.29, 1.82) is 0 Å². The maximum absolute atomic E-state index is 13.4. The minimum atomic E-state index is -0.834. The van der Waals surface area contributed by atoms with Crippen molar-refractivity contribution in [1.82, 2.24) is 10.2 Å². The molecule has 0 saturated carbocycles. The molecule has 0 bridgehead atoms. The predicted molar refractivity (Wildman–Crippen MR) is 172 cm³/mol. The lowest BCUT2D eigenvalue weighted by Gasteiger charge is -2.20. The predicted octanol–water partition coefficient (Wildman–Crippen LogP) is 8.06. The van der Waals surface area contributed by atoms with E-state index in [-0.39, 0.29) is 16.5 Å². The number of thiophene rings is 1. The maximum Gasteiger partial charge on any atom is 0.301 e. The summed E-state index contributed by atoms with van der Waals surface area (Å²) in [5, 5.41) is 22.8. The highest BCUT2D eigenvalue weighted by Gasteiger charge is 2.48. The topological polar surface area (TPSA) is 92.6 Å². The van der Waals surface area contributed by atoms with Crippen molar-refractivity contribution in [2.45, 2.75) is 29.7 Å². The minimum absolute atomic E-state index is 0.00611. The number of hydrogen-bond acceptors (Lipinski definition) is 9. The molecule has 1 saturated heterocycles. The highest BCUT2D eigenvalue weighted by molar-refractivity contribution is 8.00. The first kappa shape index (κ1) is 29.1. The number of aliphatic hydroxyl groups is 1. The molecule has 216 valence electrons. The molecule has 0 spiro atoms. The number of amides is 1. The standard InChI is InChI=1S/C32H24ClN3O4S3/c1-19-5-2-3-6-22(19)17-40-24-14-10-21(11-15-24)28(37)26-27(25-7-4-16-41-25)36(30(39)29(26)38)31-34-35-32(43-31)42-18-20-8-12-23(33)13-9-20/h2-16,27,37H,17-18H2,1H3. The molecule has 11 heteroatoms. The van der Waals surface area contributed by atoms with E-state index in [1.165, 1.54) is 39.3 Å². The van der Waals surface area contributed by atoms with Crippen LogP contribution in [0.1, 0.15) is 33.2 Å². The van der Waals surface area contributed by atoms with Crippen LogP contribution in [0.25, 0.3) is 5.76 Å². The number of aryl methyl sites for hydroxylation is 1. The Bertz CT molecular complexity index is 1800. The molecule has 3 aromatic carbocycles. The van der Waals surface area contributed by atoms with E-state index < -0.39 is 17.7 Å². The van der Waals surface area contributed by atoms with Crippen molar-refractivity contribution >= 4 is 68.6 Å². The molecule has 1 amide bonds. The van der Waals surface area contributed by atoms with Crippen molar-refractivity contribution in [2.24, 2.45) is 0 Å². The number of hydrogen-bond donors (Lipinski definition) is 1. The Labute approximate surface area is 265 Å². The van der Waals surface area contributed by atoms with E-state index in [0.29, 0.717) is 33.0 Å². The molecule has 1 aliphatic rings. The van der Waals surface area contributed by atoms with Gasteiger partial charge in [0.05, 0.1) is 5.57 Å². The summed E-state index contributed by atoms with van der Waals surface area (Å²) in [6, 6.07) is 25.2. The van der Waals surface area contributed by atoms with Crippen molar-refractivity contribution in [3.8, 4) is 5.75 Å². The smallest absolute Gasteiger partial charge is 0.301 e. The highest BCUT2D eigenvalue weighted by atomic mass is 35.5. The summed E-state index contributed by atoms with van der Waals surface area (Å²) >= 11 is 10.1. The van der Waals surface area contributed by atoms with Crippen molar-refractivity contribution in [2.75, 3.05) is 4.90 Å². The van der Waals surface area contributed by atoms with Gasteiger partial charge in [0.25, 0.3) is 5.78 Å². The second kappa shape index (κ2) is 12.7. The second-order valence-electron chi connectivity index (χ2n) is 9.69. The second-order valence-corrected chi connectivity index (χ2v) is 13.3. The number of ketones is 1. The van der Waals surface area contributed by atoms with Gasteiger partial charge in [-0.1, -0.05) is 77.2 Å². The van der Waals surface area contributed by atoms with Gasteiger partial charge in [0.2, 0.25) is 5.13 Å². The lowest BCUT2D eigenvalue weighted by Crippen LogP contribution is -2.29. The molecule has 1 unspecified atom stereocenters. The molecule has 1 aliphatic heterocycles. The van der Waals surface area contributed by atoms with Gasteiger partial charge in [-0.2, -0.15) is 0 Å². The van der Waals surface area contributed by atoms with Crippen LogP contribution in [0, 0.1) is 6.92 Å². The van der Waals surface area contributed by atoms with Gasteiger partial charge in [0, 0.05) is 21.2 Å². The van der Waals surface area contributed by atoms with Gasteiger partial charge in [-0.25, -0.2) is 0 Å². The first-order valence-electron chi connectivity index (χ1n) is 13.2. The van der Waals surface area contributed by atoms with Gasteiger partial charge in [0.1, 0.15) is 24.2 Å². The summed E-state index contributed by atoms with van der Waals surface area (Å²) in [5.74, 6) is -0.534. The molecule has 7 nitrogen and oxygen atoms in total. The molecule has 0 aliphatic carbocycles. The van der Waals surface area contributed by atoms with Gasteiger partial charge in [-0.05, 0) is 71.5 Å². The monoisotopic (exact) mass is 645 g/mol. The Morgan fingerprint density at radius 3 is 2.49 bits per heavy atom. The van der Waals surface area contributed by atoms with E-state index in [9.17, 15) is 14.7 Å². The van der Waals surface area contributed by atoms with E-state index in [4.69, 9.17) is 16.3 Å². The van der Waals surface area contributed by atoms with Gasteiger partial charge in [-0.3, -0.25) is 14.5 Å². The van der Waals surface area contributed by atoms with Gasteiger partial charge < -0.3 is 9.84 Å². The summed E-state index contributed by atoms with van der Waals surface area (Å²) in [6.45, 7) is 2.44. The first-order valence-corrected chi connectivity index (χ1v) is 16.3. The third kappa shape index (κ3) is 6.23. The van der Waals surface area contributed by atoms with Crippen LogP contribution in [-0.4, -0.2) is 27.0 Å². The highest BCUT2D eigenvalue weighted by Crippen LogP contribution is 2.45. The Hall–Kier alpha value is -3.96. The zero-order chi connectivity index (χ0) is 29.9. The van der Waals surface area contributed by atoms with Crippen LogP contribution in [-0.2, 0) is 21.9 Å². The molecular weight excluding hydrogens is 622 g/mol. The normalized spacial score (nSPS) is 16.1. The number of aliphatic hydroxyl groups excluding tert-OH is 1. The number of nitrogens with zero attached hydrogens (tertiary/aromatic N) is 3. The Balaban J connectivity index is 1.26. The molecule has 1 atom stereocenters. The third-order valence-electron chi connectivity index (χ3n) is 6.92. The number of halogens is 1. The third-order valence-corrected chi connectivity index (χ3v) is 10.2. The molecule has 6 rings (SSSR count). The van der Waals surface area contributed by atoms with Gasteiger partial charge >= 0.3 is 5.91 Å². The zero-order valence-corrected chi connectivity index (χ0v) is 26.0. The van der Waals surface area contributed by atoms with Crippen LogP contribution in [0.5, 0.6) is 5.75 Å². The summed E-state index contributed by atoms with van der Waals surface area (Å²) in [6.07, 6.45) is 0. The number of rotatable bonds is 9. The van der Waals surface area contributed by atoms with Crippen LogP contribution in [0.3, 0.4) is 0 Å². The largest absolute Gasteiger partial charge is 0.507 e. The summed E-state index contributed by atoms with van der Waals surface area (Å²) in [4.78, 5) is 28.9. The summed E-state index contributed by atoms with van der Waals surface area (Å²) < 4.78 is 6.59. The maximum atomic E-state index is 13.4. The van der Waals surface area contributed by atoms with Crippen LogP contribution in [0.15, 0.2) is 100 Å². The molecule has 0 radical (unpaired) electrons. The number of anilines is 1. The fourth-order valence-electron chi connectivity index (χ4n) is 4.63. The molecule has 2 aromatic heterocycles. The van der Waals surface area contributed by atoms with Gasteiger partial charge in [-0.15, -0.1) is 21.5 Å². The fraction of sp³-hybridized carbons (Fsp3) is 0.125. The van der Waals surface area contributed by atoms with Crippen molar-refractivity contribution < 1.29 is 19.4 Å². The van der Waals surface area contributed by atoms with Crippen molar-refractivity contribution in [3.05, 3.63) is 128 Å². The number of carbonyl (C=O) groups excluding carboxylic acids is 2. The number of benzene rings is 3. The Morgan fingerprint density at radius 2 is 1.77 bits per heavy atom. The molecule has 43 heavy (non-hydrogen) atoms.